The van der Waals surface area contributed by atoms with Crippen LogP contribution in [0.1, 0.15) is 43.0 Å². The maximum atomic E-state index is 14.4. The molecular weight excluding hydrogens is 639 g/mol. The Kier molecular flexibility index (Phi) is 9.51. The van der Waals surface area contributed by atoms with E-state index in [9.17, 15) is 19.8 Å². The molecule has 3 heterocycles. The van der Waals surface area contributed by atoms with Gasteiger partial charge in [0.05, 0.1) is 45.2 Å². The normalized spacial score (nSPS) is 23.1. The molecule has 49 heavy (non-hydrogen) atoms. The first-order chi connectivity index (χ1) is 23.4. The van der Waals surface area contributed by atoms with Crippen LogP contribution in [0.3, 0.4) is 0 Å². The van der Waals surface area contributed by atoms with Crippen LogP contribution in [0.5, 0.6) is 5.75 Å². The second kappa shape index (κ2) is 13.5. The number of methoxy groups -OCH3 is 1. The van der Waals surface area contributed by atoms with Crippen molar-refractivity contribution in [3.63, 3.8) is 0 Å². The van der Waals surface area contributed by atoms with Gasteiger partial charge in [-0.05, 0) is 54.8 Å². The van der Waals surface area contributed by atoms with Crippen LogP contribution in [-0.2, 0) is 26.5 Å². The van der Waals surface area contributed by atoms with Crippen molar-refractivity contribution in [1.82, 2.24) is 15.0 Å². The minimum Gasteiger partial charge on any atom is -0.497 e. The number of nitrogens with one attached hydrogen (secondary N) is 1. The van der Waals surface area contributed by atoms with Crippen LogP contribution in [0, 0.1) is 5.92 Å². The Labute approximate surface area is 287 Å². The predicted octanol–water partition coefficient (Wildman–Crippen LogP) is 4.01. The van der Waals surface area contributed by atoms with Crippen molar-refractivity contribution in [1.29, 1.82) is 0 Å². The molecule has 2 aliphatic rings. The third-order valence-electron chi connectivity index (χ3n) is 10.6. The summed E-state index contributed by atoms with van der Waals surface area (Å²) in [5.41, 5.74) is 2.31. The third-order valence-corrected chi connectivity index (χ3v) is 14.9. The van der Waals surface area contributed by atoms with Crippen LogP contribution in [0.25, 0.3) is 0 Å². The van der Waals surface area contributed by atoms with Gasteiger partial charge in [-0.3, -0.25) is 14.3 Å². The lowest BCUT2D eigenvalue weighted by atomic mass is 9.82. The van der Waals surface area contributed by atoms with Crippen molar-refractivity contribution in [3.05, 3.63) is 95.8 Å². The average Bonchev–Trinajstić information content (AvgIpc) is 3.75. The van der Waals surface area contributed by atoms with E-state index in [1.54, 1.807) is 29.8 Å². The highest BCUT2D eigenvalue weighted by molar-refractivity contribution is 6.91. The number of anilines is 2. The van der Waals surface area contributed by atoms with E-state index in [-0.39, 0.29) is 36.0 Å². The molecule has 1 saturated heterocycles. The quantitative estimate of drug-likeness (QED) is 0.202. The summed E-state index contributed by atoms with van der Waals surface area (Å²) >= 11 is 0. The molecule has 0 saturated carbocycles. The zero-order valence-electron chi connectivity index (χ0n) is 28.8. The van der Waals surface area contributed by atoms with Crippen molar-refractivity contribution in [3.8, 4) is 5.75 Å². The largest absolute Gasteiger partial charge is 0.497 e. The predicted molar refractivity (Wildman–Crippen MR) is 190 cm³/mol. The summed E-state index contributed by atoms with van der Waals surface area (Å²) in [4.78, 5) is 28.5. The van der Waals surface area contributed by atoms with Crippen molar-refractivity contribution in [2.24, 2.45) is 5.92 Å². The molecule has 0 aliphatic carbocycles. The number of aromatic nitrogens is 3. The van der Waals surface area contributed by atoms with Gasteiger partial charge in [0.2, 0.25) is 0 Å². The fourth-order valence-corrected chi connectivity index (χ4v) is 12.0. The van der Waals surface area contributed by atoms with Crippen molar-refractivity contribution < 1.29 is 29.3 Å². The van der Waals surface area contributed by atoms with Gasteiger partial charge < -0.3 is 29.9 Å². The number of aryl methyl sites for hydroxylation is 1. The van der Waals surface area contributed by atoms with E-state index in [1.807, 2.05) is 60.8 Å². The van der Waals surface area contributed by atoms with Gasteiger partial charge in [0.15, 0.2) is 5.60 Å². The van der Waals surface area contributed by atoms with Gasteiger partial charge in [0.25, 0.3) is 11.8 Å². The third kappa shape index (κ3) is 6.07. The molecule has 1 spiro atoms. The van der Waals surface area contributed by atoms with Crippen LogP contribution in [0.2, 0.25) is 18.6 Å². The van der Waals surface area contributed by atoms with E-state index in [4.69, 9.17) is 9.47 Å². The molecule has 0 bridgehead atoms. The fourth-order valence-electron chi connectivity index (χ4n) is 7.91. The molecular formula is C37H45N5O6Si. The molecule has 3 N–H and O–H groups in total. The Hall–Kier alpha value is -4.36. The SMILES string of the molecule is COc1ccc([Si](C)(C)[C@@H]2[C@@H](CCn3cc(C(CO)c4ccccc4)nn3)O[C@]3(C(=O)N(C)c4ccc(NC(=O)[C@H](C)O)cc43)[C@H]2C)cc1. The molecule has 3 aromatic carbocycles. The molecule has 0 radical (unpaired) electrons. The van der Waals surface area contributed by atoms with E-state index in [0.717, 1.165) is 17.0 Å². The first kappa shape index (κ1) is 34.5. The molecule has 4 aromatic rings. The first-order valence-corrected chi connectivity index (χ1v) is 19.8. The highest BCUT2D eigenvalue weighted by Gasteiger charge is 2.65. The second-order valence-corrected chi connectivity index (χ2v) is 18.4. The number of aliphatic hydroxyl groups is 2. The molecule has 1 fully saturated rings. The van der Waals surface area contributed by atoms with E-state index in [1.165, 1.54) is 12.1 Å². The summed E-state index contributed by atoms with van der Waals surface area (Å²) < 4.78 is 14.4. The number of amides is 2. The highest BCUT2D eigenvalue weighted by atomic mass is 28.3. The molecule has 1 unspecified atom stereocenters. The van der Waals surface area contributed by atoms with Crippen LogP contribution in [0.15, 0.2) is 79.0 Å². The van der Waals surface area contributed by atoms with Crippen LogP contribution in [0.4, 0.5) is 11.4 Å². The standard InChI is InChI=1S/C37H45N5O6Si/c1-23-34(49(5,6)28-15-13-27(47-4)14-16-28)33(18-19-42-21-31(39-40-42)29(22-43)25-10-8-7-9-11-25)48-37(23)30-20-26(38-35(45)24(2)44)12-17-32(30)41(3)36(37)46/h7-17,20-21,23-24,29,33-34,43-44H,18-19,22H2,1-6H3,(H,38,45)/t23-,24-,29?,33+,34-,37+/m0/s1. The Morgan fingerprint density at radius 1 is 1.12 bits per heavy atom. The molecule has 6 rings (SSSR count). The smallest absolute Gasteiger partial charge is 0.264 e. The topological polar surface area (TPSA) is 139 Å². The zero-order chi connectivity index (χ0) is 35.1. The summed E-state index contributed by atoms with van der Waals surface area (Å²) in [6, 6.07) is 23.4. The summed E-state index contributed by atoms with van der Waals surface area (Å²) in [7, 11) is 1.05. The number of carbonyl (C=O) groups excluding carboxylic acids is 2. The summed E-state index contributed by atoms with van der Waals surface area (Å²) in [6.45, 7) is 8.59. The Morgan fingerprint density at radius 2 is 1.84 bits per heavy atom. The summed E-state index contributed by atoms with van der Waals surface area (Å²) in [5, 5.41) is 32.9. The van der Waals surface area contributed by atoms with E-state index in [0.29, 0.717) is 29.9 Å². The van der Waals surface area contributed by atoms with E-state index in [2.05, 4.69) is 47.8 Å². The average molecular weight is 684 g/mol. The first-order valence-electron chi connectivity index (χ1n) is 16.7. The number of benzene rings is 3. The molecule has 258 valence electrons. The maximum Gasteiger partial charge on any atom is 0.264 e. The van der Waals surface area contributed by atoms with Gasteiger partial charge in [-0.25, -0.2) is 0 Å². The molecule has 11 nitrogen and oxygen atoms in total. The van der Waals surface area contributed by atoms with Gasteiger partial charge in [0.1, 0.15) is 11.9 Å². The Balaban J connectivity index is 1.37. The number of rotatable bonds is 11. The van der Waals surface area contributed by atoms with Gasteiger partial charge in [-0.1, -0.05) is 72.9 Å². The number of nitrogens with zero attached hydrogens (tertiary/aromatic N) is 4. The number of hydrogen-bond donors (Lipinski definition) is 3. The van der Waals surface area contributed by atoms with Gasteiger partial charge >= 0.3 is 0 Å². The number of carbonyl (C=O) groups is 2. The number of fused-ring (bicyclic) bond motifs is 2. The van der Waals surface area contributed by atoms with Gasteiger partial charge in [0, 0.05) is 37.0 Å². The molecule has 2 amide bonds. The Morgan fingerprint density at radius 3 is 2.49 bits per heavy atom. The van der Waals surface area contributed by atoms with Crippen molar-refractivity contribution in [2.45, 2.75) is 69.2 Å². The van der Waals surface area contributed by atoms with E-state index >= 15 is 0 Å². The molecule has 2 aliphatic heterocycles. The highest BCUT2D eigenvalue weighted by Crippen LogP contribution is 2.60. The number of ether oxygens (including phenoxy) is 2. The van der Waals surface area contributed by atoms with Crippen molar-refractivity contribution in [2.75, 3.05) is 31.0 Å². The molecule has 1 aromatic heterocycles. The fraction of sp³-hybridized carbons (Fsp3) is 0.405. The zero-order valence-corrected chi connectivity index (χ0v) is 29.8. The lowest BCUT2D eigenvalue weighted by Crippen LogP contribution is -2.51. The molecule has 6 atom stereocenters. The van der Waals surface area contributed by atoms with Gasteiger partial charge in [-0.15, -0.1) is 5.10 Å². The van der Waals surface area contributed by atoms with Crippen molar-refractivity contribution >= 4 is 36.4 Å². The number of likely N-dealkylation sites (N-methyl/N-ethyl adjacent to an activating group) is 1. The minimum absolute atomic E-state index is 0.0115. The minimum atomic E-state index is -2.36. The monoisotopic (exact) mass is 683 g/mol. The summed E-state index contributed by atoms with van der Waals surface area (Å²) in [5.74, 6) is -0.397. The number of aliphatic hydroxyl groups excluding tert-OH is 2. The lowest BCUT2D eigenvalue weighted by Gasteiger charge is -2.37. The maximum absolute atomic E-state index is 14.4. The number of hydrogen-bond acceptors (Lipinski definition) is 8. The Bertz CT molecular complexity index is 1810. The summed E-state index contributed by atoms with van der Waals surface area (Å²) in [6.07, 6.45) is 0.958. The molecule has 12 heteroatoms. The van der Waals surface area contributed by atoms with Crippen LogP contribution in [-0.4, -0.2) is 78.1 Å². The van der Waals surface area contributed by atoms with Crippen LogP contribution < -0.4 is 20.1 Å². The van der Waals surface area contributed by atoms with E-state index < -0.39 is 25.7 Å². The second-order valence-electron chi connectivity index (χ2n) is 13.8. The van der Waals surface area contributed by atoms with Gasteiger partial charge in [-0.2, -0.15) is 0 Å². The lowest BCUT2D eigenvalue weighted by molar-refractivity contribution is -0.145. The van der Waals surface area contributed by atoms with Crippen LogP contribution >= 0.6 is 0 Å².